The second-order valence-corrected chi connectivity index (χ2v) is 7.51. The van der Waals surface area contributed by atoms with Gasteiger partial charge in [-0.05, 0) is 19.8 Å². The summed E-state index contributed by atoms with van der Waals surface area (Å²) in [5.74, 6) is -7.29. The van der Waals surface area contributed by atoms with Crippen molar-refractivity contribution in [1.82, 2.24) is 16.0 Å². The highest BCUT2D eigenvalue weighted by Gasteiger charge is 2.33. The highest BCUT2D eigenvalue weighted by Crippen LogP contribution is 2.04. The minimum absolute atomic E-state index is 0.0669. The molecule has 0 aromatic rings. The quantitative estimate of drug-likeness (QED) is 0.0535. The molecule has 35 heavy (non-hydrogen) atoms. The summed E-state index contributed by atoms with van der Waals surface area (Å²) < 4.78 is 0. The lowest BCUT2D eigenvalue weighted by atomic mass is 10.1. The SMILES string of the molecule is CC(O)C(NC(=O)C(CCCN=C(N)N)NC(=O)C(N)CC(N)=O)C(=O)NC(CC(=O)O)C(=O)O. The molecule has 0 aromatic heterocycles. The number of nitrogens with zero attached hydrogens (tertiary/aromatic N) is 1. The average Bonchev–Trinajstić information content (AvgIpc) is 2.71. The summed E-state index contributed by atoms with van der Waals surface area (Å²) in [5, 5.41) is 34.2. The number of carbonyl (C=O) groups excluding carboxylic acids is 4. The van der Waals surface area contributed by atoms with Crippen LogP contribution in [0.2, 0.25) is 0 Å². The Morgan fingerprint density at radius 2 is 1.43 bits per heavy atom. The molecule has 0 rings (SSSR count). The summed E-state index contributed by atoms with van der Waals surface area (Å²) in [7, 11) is 0. The maximum atomic E-state index is 12.8. The molecule has 0 fully saturated rings. The number of primary amides is 1. The van der Waals surface area contributed by atoms with Crippen LogP contribution in [-0.4, -0.2) is 93.7 Å². The molecule has 5 unspecified atom stereocenters. The molecule has 17 nitrogen and oxygen atoms in total. The van der Waals surface area contributed by atoms with Crippen LogP contribution in [0.3, 0.4) is 0 Å². The third kappa shape index (κ3) is 12.7. The molecule has 0 spiro atoms. The first-order valence-corrected chi connectivity index (χ1v) is 10.3. The molecule has 0 radical (unpaired) electrons. The molecule has 0 bridgehead atoms. The normalized spacial score (nSPS) is 14.8. The van der Waals surface area contributed by atoms with Crippen LogP contribution in [0.5, 0.6) is 0 Å². The van der Waals surface area contributed by atoms with E-state index < -0.39 is 78.7 Å². The van der Waals surface area contributed by atoms with Crippen molar-refractivity contribution in [1.29, 1.82) is 0 Å². The van der Waals surface area contributed by atoms with Crippen molar-refractivity contribution >= 4 is 41.5 Å². The van der Waals surface area contributed by atoms with E-state index >= 15 is 0 Å². The van der Waals surface area contributed by atoms with Gasteiger partial charge in [-0.15, -0.1) is 0 Å². The van der Waals surface area contributed by atoms with Gasteiger partial charge in [0.25, 0.3) is 0 Å². The van der Waals surface area contributed by atoms with Crippen LogP contribution in [0.4, 0.5) is 0 Å². The van der Waals surface area contributed by atoms with Crippen LogP contribution in [0.1, 0.15) is 32.6 Å². The maximum Gasteiger partial charge on any atom is 0.326 e. The van der Waals surface area contributed by atoms with Gasteiger partial charge in [0, 0.05) is 6.54 Å². The zero-order valence-electron chi connectivity index (χ0n) is 19.0. The first kappa shape index (κ1) is 31.0. The fourth-order valence-corrected chi connectivity index (χ4v) is 2.66. The molecule has 0 saturated heterocycles. The third-order valence-corrected chi connectivity index (χ3v) is 4.39. The Kier molecular flexibility index (Phi) is 13.3. The fourth-order valence-electron chi connectivity index (χ4n) is 2.66. The summed E-state index contributed by atoms with van der Waals surface area (Å²) in [4.78, 5) is 74.3. The van der Waals surface area contributed by atoms with Crippen molar-refractivity contribution < 1.29 is 44.1 Å². The Hall–Kier alpha value is -3.99. The van der Waals surface area contributed by atoms with E-state index in [0.29, 0.717) is 0 Å². The fraction of sp³-hybridized carbons (Fsp3) is 0.611. The molecule has 0 aliphatic rings. The molecule has 198 valence electrons. The largest absolute Gasteiger partial charge is 0.481 e. The van der Waals surface area contributed by atoms with E-state index in [0.717, 1.165) is 6.92 Å². The number of nitrogens with two attached hydrogens (primary N) is 4. The molecule has 4 amide bonds. The van der Waals surface area contributed by atoms with Crippen molar-refractivity contribution in [2.75, 3.05) is 6.54 Å². The van der Waals surface area contributed by atoms with Crippen LogP contribution >= 0.6 is 0 Å². The number of carboxylic acids is 2. The van der Waals surface area contributed by atoms with E-state index in [1.807, 2.05) is 5.32 Å². The molecule has 0 aliphatic carbocycles. The van der Waals surface area contributed by atoms with Crippen molar-refractivity contribution in [3.8, 4) is 0 Å². The molecule has 0 aromatic carbocycles. The van der Waals surface area contributed by atoms with E-state index in [1.54, 1.807) is 0 Å². The first-order chi connectivity index (χ1) is 16.1. The molecular formula is C18H32N8O9. The minimum atomic E-state index is -1.83. The zero-order valence-corrected chi connectivity index (χ0v) is 19.0. The second kappa shape index (κ2) is 15.0. The van der Waals surface area contributed by atoms with E-state index in [-0.39, 0.29) is 25.3 Å². The smallest absolute Gasteiger partial charge is 0.326 e. The standard InChI is InChI=1S/C18H32N8O9/c1-7(27)13(16(33)25-10(17(34)35)6-12(29)30)26-15(32)9(3-2-4-23-18(21)22)24-14(31)8(19)5-11(20)28/h7-10,13,27H,2-6,19H2,1H3,(H2,20,28)(H,24,31)(H,25,33)(H,26,32)(H,29,30)(H,34,35)(H4,21,22,23). The van der Waals surface area contributed by atoms with E-state index in [4.69, 9.17) is 33.1 Å². The van der Waals surface area contributed by atoms with Gasteiger partial charge in [-0.25, -0.2) is 4.79 Å². The maximum absolute atomic E-state index is 12.8. The van der Waals surface area contributed by atoms with Crippen LogP contribution in [0.15, 0.2) is 4.99 Å². The van der Waals surface area contributed by atoms with E-state index in [9.17, 15) is 33.9 Å². The molecule has 17 heteroatoms. The summed E-state index contributed by atoms with van der Waals surface area (Å²) in [6, 6.07) is -6.25. The highest BCUT2D eigenvalue weighted by molar-refractivity contribution is 5.95. The Balaban J connectivity index is 5.56. The number of rotatable bonds is 16. The van der Waals surface area contributed by atoms with Gasteiger partial charge in [-0.3, -0.25) is 29.0 Å². The number of guanidine groups is 1. The molecule has 0 saturated carbocycles. The van der Waals surface area contributed by atoms with Gasteiger partial charge in [0.05, 0.1) is 25.0 Å². The lowest BCUT2D eigenvalue weighted by Gasteiger charge is -2.26. The number of carboxylic acid groups (broad SMARTS) is 2. The van der Waals surface area contributed by atoms with E-state index in [1.165, 1.54) is 0 Å². The molecular weight excluding hydrogens is 472 g/mol. The monoisotopic (exact) mass is 504 g/mol. The van der Waals surface area contributed by atoms with Gasteiger partial charge in [-0.1, -0.05) is 0 Å². The van der Waals surface area contributed by atoms with Crippen molar-refractivity contribution in [3.63, 3.8) is 0 Å². The van der Waals surface area contributed by atoms with Crippen LogP contribution in [-0.2, 0) is 28.8 Å². The van der Waals surface area contributed by atoms with Crippen molar-refractivity contribution in [2.24, 2.45) is 27.9 Å². The third-order valence-electron chi connectivity index (χ3n) is 4.39. The Labute approximate surface area is 199 Å². The number of carbonyl (C=O) groups is 6. The number of aliphatic hydroxyl groups excluding tert-OH is 1. The topological polar surface area (TPSA) is 316 Å². The van der Waals surface area contributed by atoms with Crippen LogP contribution in [0, 0.1) is 0 Å². The predicted molar refractivity (Wildman–Crippen MR) is 119 cm³/mol. The average molecular weight is 505 g/mol. The van der Waals surface area contributed by atoms with Crippen molar-refractivity contribution in [2.45, 2.75) is 62.9 Å². The second-order valence-electron chi connectivity index (χ2n) is 7.51. The Morgan fingerprint density at radius 1 is 0.857 bits per heavy atom. The number of amides is 4. The van der Waals surface area contributed by atoms with Gasteiger partial charge in [0.2, 0.25) is 23.6 Å². The molecule has 5 atom stereocenters. The van der Waals surface area contributed by atoms with Gasteiger partial charge in [-0.2, -0.15) is 0 Å². The number of aliphatic carboxylic acids is 2. The summed E-state index contributed by atoms with van der Waals surface area (Å²) in [6.45, 7) is 1.19. The first-order valence-electron chi connectivity index (χ1n) is 10.3. The van der Waals surface area contributed by atoms with Crippen molar-refractivity contribution in [3.05, 3.63) is 0 Å². The predicted octanol–water partition coefficient (Wildman–Crippen LogP) is -5.36. The van der Waals surface area contributed by atoms with Crippen LogP contribution in [0.25, 0.3) is 0 Å². The molecule has 0 aliphatic heterocycles. The molecule has 0 heterocycles. The van der Waals surface area contributed by atoms with Gasteiger partial charge in [0.1, 0.15) is 18.1 Å². The summed E-state index contributed by atoms with van der Waals surface area (Å²) in [6.07, 6.45) is -2.90. The number of hydrogen-bond donors (Lipinski definition) is 10. The number of hydrogen-bond acceptors (Lipinski definition) is 9. The van der Waals surface area contributed by atoms with E-state index in [2.05, 4.69) is 15.6 Å². The Bertz CT molecular complexity index is 829. The number of aliphatic hydroxyl groups is 1. The van der Waals surface area contributed by atoms with Gasteiger partial charge in [0.15, 0.2) is 5.96 Å². The summed E-state index contributed by atoms with van der Waals surface area (Å²) >= 11 is 0. The Morgan fingerprint density at radius 3 is 1.89 bits per heavy atom. The highest BCUT2D eigenvalue weighted by atomic mass is 16.4. The van der Waals surface area contributed by atoms with Gasteiger partial charge >= 0.3 is 11.9 Å². The van der Waals surface area contributed by atoms with Crippen LogP contribution < -0.4 is 38.9 Å². The lowest BCUT2D eigenvalue weighted by Crippen LogP contribution is -2.60. The lowest BCUT2D eigenvalue weighted by molar-refractivity contribution is -0.148. The zero-order chi connectivity index (χ0) is 27.3. The van der Waals surface area contributed by atoms with Gasteiger partial charge < -0.3 is 54.2 Å². The number of aliphatic imine (C=N–C) groups is 1. The summed E-state index contributed by atoms with van der Waals surface area (Å²) in [5.41, 5.74) is 21.0. The molecule has 14 N–H and O–H groups in total. The minimum Gasteiger partial charge on any atom is -0.481 e. The number of nitrogens with one attached hydrogen (secondary N) is 3.